The molecule has 3 heterocycles. The zero-order chi connectivity index (χ0) is 20.3. The van der Waals surface area contributed by atoms with Gasteiger partial charge in [-0.25, -0.2) is 4.90 Å². The summed E-state index contributed by atoms with van der Waals surface area (Å²) in [6.07, 6.45) is 0. The van der Waals surface area contributed by atoms with Crippen molar-refractivity contribution in [3.63, 3.8) is 0 Å². The van der Waals surface area contributed by atoms with Crippen molar-refractivity contribution in [2.24, 2.45) is 5.92 Å². The minimum atomic E-state index is -0.554. The van der Waals surface area contributed by atoms with Crippen LogP contribution in [-0.4, -0.2) is 27.2 Å². The van der Waals surface area contributed by atoms with E-state index in [4.69, 9.17) is 23.8 Å². The number of aromatic nitrogens is 1. The summed E-state index contributed by atoms with van der Waals surface area (Å²) in [5.74, 6) is -1.20. The number of halogens is 1. The number of phenols is 1. The Morgan fingerprint density at radius 2 is 1.72 bits per heavy atom. The van der Waals surface area contributed by atoms with Crippen LogP contribution < -0.4 is 4.90 Å². The molecule has 2 aliphatic heterocycles. The lowest BCUT2D eigenvalue weighted by Gasteiger charge is -2.29. The van der Waals surface area contributed by atoms with Gasteiger partial charge >= 0.3 is 0 Å². The van der Waals surface area contributed by atoms with Crippen LogP contribution in [0.5, 0.6) is 5.75 Å². The van der Waals surface area contributed by atoms with Crippen LogP contribution in [0.15, 0.2) is 53.6 Å². The van der Waals surface area contributed by atoms with Crippen molar-refractivity contribution in [2.75, 3.05) is 4.90 Å². The van der Waals surface area contributed by atoms with Gasteiger partial charge in [0.25, 0.3) is 0 Å². The highest BCUT2D eigenvalue weighted by Gasteiger charge is 2.56. The van der Waals surface area contributed by atoms with E-state index in [0.717, 1.165) is 15.5 Å². The molecule has 2 amide bonds. The molecule has 0 saturated carbocycles. The Morgan fingerprint density at radius 3 is 2.41 bits per heavy atom. The number of thiazole rings is 1. The number of carbonyl (C=O) groups is 2. The summed E-state index contributed by atoms with van der Waals surface area (Å²) in [4.78, 5) is 32.1. The molecule has 5 rings (SSSR count). The molecule has 146 valence electrons. The zero-order valence-corrected chi connectivity index (χ0v) is 17.9. The van der Waals surface area contributed by atoms with Crippen LogP contribution in [0.4, 0.5) is 5.69 Å². The predicted octanol–water partition coefficient (Wildman–Crippen LogP) is 4.96. The van der Waals surface area contributed by atoms with Crippen molar-refractivity contribution < 1.29 is 14.7 Å². The number of hydrogen-bond acceptors (Lipinski definition) is 6. The number of nitrogens with one attached hydrogen (secondary N) is 1. The van der Waals surface area contributed by atoms with Crippen LogP contribution in [0.2, 0.25) is 5.02 Å². The van der Waals surface area contributed by atoms with E-state index in [1.165, 1.54) is 28.0 Å². The molecule has 3 unspecified atom stereocenters. The number of amides is 2. The highest BCUT2D eigenvalue weighted by molar-refractivity contribution is 8.01. The Hall–Kier alpha value is -2.13. The SMILES string of the molecule is O=C1C2Sc3[nH]c(=S)sc3C(c3ccc(O)cc3)C2C(=O)N1c1ccc(Cl)cc1. The van der Waals surface area contributed by atoms with Gasteiger partial charge in [0.2, 0.25) is 11.8 Å². The number of imide groups is 1. The van der Waals surface area contributed by atoms with Crippen LogP contribution in [-0.2, 0) is 9.59 Å². The highest BCUT2D eigenvalue weighted by atomic mass is 35.5. The number of nitrogens with zero attached hydrogens (tertiary/aromatic N) is 1. The molecule has 9 heteroatoms. The van der Waals surface area contributed by atoms with Gasteiger partial charge < -0.3 is 10.1 Å². The summed E-state index contributed by atoms with van der Waals surface area (Å²) in [6.45, 7) is 0. The monoisotopic (exact) mass is 460 g/mol. The molecule has 2 N–H and O–H groups in total. The lowest BCUT2D eigenvalue weighted by molar-refractivity contribution is -0.122. The summed E-state index contributed by atoms with van der Waals surface area (Å²) in [5.41, 5.74) is 1.38. The van der Waals surface area contributed by atoms with E-state index < -0.39 is 11.2 Å². The molecule has 1 aromatic heterocycles. The Morgan fingerprint density at radius 1 is 1.03 bits per heavy atom. The number of benzene rings is 2. The number of rotatable bonds is 2. The Balaban J connectivity index is 1.64. The van der Waals surface area contributed by atoms with Gasteiger partial charge in [-0.2, -0.15) is 0 Å². The van der Waals surface area contributed by atoms with Crippen LogP contribution in [0.1, 0.15) is 16.4 Å². The highest BCUT2D eigenvalue weighted by Crippen LogP contribution is 2.54. The van der Waals surface area contributed by atoms with Crippen molar-refractivity contribution in [3.05, 3.63) is 67.9 Å². The standard InChI is InChI=1S/C20H13ClN2O3S3/c21-10-3-5-11(6-4-10)23-18(25)14-13(9-1-7-12(24)8-2-9)15-17(22-20(27)29-15)28-16(14)19(23)26/h1-8,13-14,16,24H,(H,22,27). The number of hydrogen-bond donors (Lipinski definition) is 2. The molecule has 5 nitrogen and oxygen atoms in total. The van der Waals surface area contributed by atoms with Crippen LogP contribution in [0.25, 0.3) is 0 Å². The minimum absolute atomic E-state index is 0.147. The predicted molar refractivity (Wildman–Crippen MR) is 117 cm³/mol. The molecule has 2 aliphatic rings. The van der Waals surface area contributed by atoms with E-state index in [2.05, 4.69) is 4.98 Å². The third-order valence-corrected chi connectivity index (χ3v) is 8.17. The number of anilines is 1. The molecule has 3 aromatic rings. The molecule has 1 fully saturated rings. The maximum absolute atomic E-state index is 13.5. The second-order valence-electron chi connectivity index (χ2n) is 6.83. The number of carbonyl (C=O) groups excluding carboxylic acids is 2. The fraction of sp³-hybridized carbons (Fsp3) is 0.150. The zero-order valence-electron chi connectivity index (χ0n) is 14.7. The van der Waals surface area contributed by atoms with Crippen molar-refractivity contribution in [2.45, 2.75) is 16.2 Å². The number of aromatic amines is 1. The van der Waals surface area contributed by atoms with Gasteiger partial charge in [-0.05, 0) is 54.2 Å². The third kappa shape index (κ3) is 3.02. The fourth-order valence-corrected chi connectivity index (χ4v) is 6.99. The summed E-state index contributed by atoms with van der Waals surface area (Å²) in [6, 6.07) is 13.5. The lowest BCUT2D eigenvalue weighted by atomic mass is 9.83. The van der Waals surface area contributed by atoms with Gasteiger partial charge in [0.15, 0.2) is 3.95 Å². The third-order valence-electron chi connectivity index (χ3n) is 5.16. The molecular formula is C20H13ClN2O3S3. The fourth-order valence-electron chi connectivity index (χ4n) is 3.90. The largest absolute Gasteiger partial charge is 0.508 e. The summed E-state index contributed by atoms with van der Waals surface area (Å²) < 4.78 is 0.612. The second kappa shape index (κ2) is 6.98. The Labute approximate surface area is 184 Å². The molecule has 0 aliphatic carbocycles. The molecule has 29 heavy (non-hydrogen) atoms. The average Bonchev–Trinajstić information content (AvgIpc) is 3.19. The average molecular weight is 461 g/mol. The molecule has 0 radical (unpaired) electrons. The first-order valence-corrected chi connectivity index (χ1v) is 11.2. The molecule has 2 aromatic carbocycles. The van der Waals surface area contributed by atoms with Gasteiger partial charge in [0, 0.05) is 15.8 Å². The smallest absolute Gasteiger partial charge is 0.248 e. The van der Waals surface area contributed by atoms with Crippen molar-refractivity contribution in [3.8, 4) is 5.75 Å². The first-order valence-electron chi connectivity index (χ1n) is 8.76. The number of thioether (sulfide) groups is 1. The number of aromatic hydroxyl groups is 1. The van der Waals surface area contributed by atoms with Crippen molar-refractivity contribution in [1.82, 2.24) is 4.98 Å². The summed E-state index contributed by atoms with van der Waals surface area (Å²) >= 11 is 14.1. The summed E-state index contributed by atoms with van der Waals surface area (Å²) in [7, 11) is 0. The van der Waals surface area contributed by atoms with E-state index in [1.807, 2.05) is 0 Å². The first kappa shape index (κ1) is 18.9. The lowest BCUT2D eigenvalue weighted by Crippen LogP contribution is -2.32. The van der Waals surface area contributed by atoms with Crippen molar-refractivity contribution >= 4 is 64.4 Å². The van der Waals surface area contributed by atoms with E-state index in [1.54, 1.807) is 48.5 Å². The number of H-pyrrole nitrogens is 1. The Kier molecular flexibility index (Phi) is 4.54. The number of fused-ring (bicyclic) bond motifs is 2. The van der Waals surface area contributed by atoms with Crippen molar-refractivity contribution in [1.29, 1.82) is 0 Å². The van der Waals surface area contributed by atoms with Crippen LogP contribution >= 0.6 is 46.9 Å². The second-order valence-corrected chi connectivity index (χ2v) is 10.1. The molecule has 0 spiro atoms. The molecular weight excluding hydrogens is 448 g/mol. The molecule has 1 saturated heterocycles. The maximum Gasteiger partial charge on any atom is 0.248 e. The van der Waals surface area contributed by atoms with Crippen LogP contribution in [0, 0.1) is 9.87 Å². The van der Waals surface area contributed by atoms with Gasteiger partial charge in [-0.1, -0.05) is 35.5 Å². The first-order chi connectivity index (χ1) is 13.9. The van der Waals surface area contributed by atoms with Gasteiger partial charge in [-0.15, -0.1) is 11.3 Å². The maximum atomic E-state index is 13.5. The number of phenolic OH excluding ortho intramolecular Hbond substituents is 1. The topological polar surface area (TPSA) is 73.4 Å². The normalized spacial score (nSPS) is 23.2. The summed E-state index contributed by atoms with van der Waals surface area (Å²) in [5, 5.41) is 10.5. The molecule has 0 bridgehead atoms. The van der Waals surface area contributed by atoms with Gasteiger partial charge in [0.05, 0.1) is 16.6 Å². The quantitative estimate of drug-likeness (QED) is 0.417. The van der Waals surface area contributed by atoms with Crippen LogP contribution in [0.3, 0.4) is 0 Å². The van der Waals surface area contributed by atoms with E-state index in [-0.39, 0.29) is 23.5 Å². The molecule has 3 atom stereocenters. The van der Waals surface area contributed by atoms with E-state index in [0.29, 0.717) is 14.7 Å². The Bertz CT molecular complexity index is 1190. The van der Waals surface area contributed by atoms with E-state index in [9.17, 15) is 14.7 Å². The van der Waals surface area contributed by atoms with Gasteiger partial charge in [-0.3, -0.25) is 9.59 Å². The van der Waals surface area contributed by atoms with Gasteiger partial charge in [0.1, 0.15) is 11.0 Å². The minimum Gasteiger partial charge on any atom is -0.508 e. The van der Waals surface area contributed by atoms with E-state index >= 15 is 0 Å².